The molecule has 0 spiro atoms. The average molecular weight is 110 g/mol. The molecule has 0 fully saturated rings. The van der Waals surface area contributed by atoms with Crippen LogP contribution in [-0.4, -0.2) is 15.1 Å². The van der Waals surface area contributed by atoms with E-state index in [4.69, 9.17) is 5.11 Å². The quantitative estimate of drug-likeness (QED) is 0.528. The van der Waals surface area contributed by atoms with Gasteiger partial charge < -0.3 is 10.1 Å². The van der Waals surface area contributed by atoms with E-state index in [1.54, 1.807) is 0 Å². The Morgan fingerprint density at radius 1 is 1.88 bits per heavy atom. The summed E-state index contributed by atoms with van der Waals surface area (Å²) in [6, 6.07) is 0. The lowest BCUT2D eigenvalue weighted by atomic mass is 10.4. The van der Waals surface area contributed by atoms with Gasteiger partial charge in [-0.15, -0.1) is 0 Å². The Labute approximate surface area is 46.7 Å². The molecule has 0 saturated heterocycles. The average Bonchev–Trinajstić information content (AvgIpc) is 2.12. The molecule has 3 heteroatoms. The molecule has 2 N–H and O–H groups in total. The lowest BCUT2D eigenvalue weighted by Gasteiger charge is -1.86. The molecule has 0 saturated carbocycles. The van der Waals surface area contributed by atoms with E-state index in [0.717, 1.165) is 0 Å². The molecule has 0 bridgehead atoms. The number of rotatable bonds is 1. The molecule has 0 radical (unpaired) electrons. The van der Waals surface area contributed by atoms with Crippen molar-refractivity contribution >= 4 is 5.76 Å². The maximum Gasteiger partial charge on any atom is 0.133 e. The van der Waals surface area contributed by atoms with Crippen molar-refractivity contribution in [2.45, 2.75) is 0 Å². The van der Waals surface area contributed by atoms with Crippen LogP contribution in [0.25, 0.3) is 5.76 Å². The highest BCUT2D eigenvalue weighted by Gasteiger charge is 1.91. The van der Waals surface area contributed by atoms with Gasteiger partial charge in [-0.3, -0.25) is 0 Å². The topological polar surface area (TPSA) is 48.9 Å². The maximum atomic E-state index is 8.65. The summed E-state index contributed by atoms with van der Waals surface area (Å²) < 4.78 is 0. The smallest absolute Gasteiger partial charge is 0.133 e. The first kappa shape index (κ1) is 4.90. The van der Waals surface area contributed by atoms with E-state index in [-0.39, 0.29) is 5.76 Å². The van der Waals surface area contributed by atoms with Crippen LogP contribution in [0, 0.1) is 0 Å². The number of nitrogens with zero attached hydrogens (tertiary/aromatic N) is 1. The number of nitrogens with one attached hydrogen (secondary N) is 1. The van der Waals surface area contributed by atoms with E-state index in [0.29, 0.717) is 5.69 Å². The number of H-pyrrole nitrogens is 1. The summed E-state index contributed by atoms with van der Waals surface area (Å²) in [6.45, 7) is 3.28. The summed E-state index contributed by atoms with van der Waals surface area (Å²) >= 11 is 0. The monoisotopic (exact) mass is 110 g/mol. The fourth-order valence-electron chi connectivity index (χ4n) is 0.414. The third-order valence-electron chi connectivity index (χ3n) is 0.809. The Hall–Kier alpha value is -1.25. The van der Waals surface area contributed by atoms with E-state index < -0.39 is 0 Å². The molecular formula is C5H6N2O. The van der Waals surface area contributed by atoms with Gasteiger partial charge in [-0.2, -0.15) is 0 Å². The number of aromatic nitrogens is 2. The van der Waals surface area contributed by atoms with Gasteiger partial charge in [-0.1, -0.05) is 6.58 Å². The van der Waals surface area contributed by atoms with Crippen LogP contribution in [0.4, 0.5) is 0 Å². The number of aliphatic hydroxyl groups is 1. The molecule has 3 nitrogen and oxygen atoms in total. The summed E-state index contributed by atoms with van der Waals surface area (Å²) in [7, 11) is 0. The second kappa shape index (κ2) is 1.69. The fourth-order valence-corrected chi connectivity index (χ4v) is 0.414. The van der Waals surface area contributed by atoms with E-state index >= 15 is 0 Å². The zero-order valence-corrected chi connectivity index (χ0v) is 4.26. The molecule has 42 valence electrons. The minimum absolute atomic E-state index is 0.0162. The minimum atomic E-state index is 0.0162. The molecule has 0 aliphatic heterocycles. The summed E-state index contributed by atoms with van der Waals surface area (Å²) in [5.41, 5.74) is 0.560. The van der Waals surface area contributed by atoms with Gasteiger partial charge in [0.15, 0.2) is 0 Å². The maximum absolute atomic E-state index is 8.65. The van der Waals surface area contributed by atoms with Crippen LogP contribution in [0.15, 0.2) is 19.1 Å². The van der Waals surface area contributed by atoms with Gasteiger partial charge in [0.05, 0.1) is 18.2 Å². The van der Waals surface area contributed by atoms with E-state index in [2.05, 4.69) is 16.5 Å². The molecule has 0 aromatic carbocycles. The van der Waals surface area contributed by atoms with Gasteiger partial charge >= 0.3 is 0 Å². The zero-order chi connectivity index (χ0) is 5.98. The fraction of sp³-hybridized carbons (Fsp3) is 0. The molecule has 1 rings (SSSR count). The standard InChI is InChI=1S/C5H6N2O/c1-4(8)5-2-6-3-7-5/h2-3,8H,1H2,(H,6,7). The molecule has 1 aromatic heterocycles. The van der Waals surface area contributed by atoms with Crippen LogP contribution >= 0.6 is 0 Å². The van der Waals surface area contributed by atoms with Gasteiger partial charge in [0.25, 0.3) is 0 Å². The van der Waals surface area contributed by atoms with Crippen LogP contribution < -0.4 is 0 Å². The number of hydrogen-bond acceptors (Lipinski definition) is 2. The van der Waals surface area contributed by atoms with Crippen LogP contribution in [0.5, 0.6) is 0 Å². The largest absolute Gasteiger partial charge is 0.506 e. The van der Waals surface area contributed by atoms with E-state index in [9.17, 15) is 0 Å². The molecular weight excluding hydrogens is 104 g/mol. The van der Waals surface area contributed by atoms with Crippen molar-refractivity contribution in [3.63, 3.8) is 0 Å². The SMILES string of the molecule is C=C(O)c1cnc[nH]1. The normalized spacial score (nSPS) is 9.00. The Bertz CT molecular complexity index is 178. The number of aromatic amines is 1. The van der Waals surface area contributed by atoms with Crippen molar-refractivity contribution in [2.24, 2.45) is 0 Å². The summed E-state index contributed by atoms with van der Waals surface area (Å²) in [6.07, 6.45) is 2.99. The van der Waals surface area contributed by atoms with Crippen molar-refractivity contribution in [3.05, 3.63) is 24.8 Å². The third kappa shape index (κ3) is 0.703. The minimum Gasteiger partial charge on any atom is -0.506 e. The Morgan fingerprint density at radius 3 is 2.88 bits per heavy atom. The van der Waals surface area contributed by atoms with Crippen LogP contribution in [0.3, 0.4) is 0 Å². The van der Waals surface area contributed by atoms with Crippen molar-refractivity contribution in [1.29, 1.82) is 0 Å². The van der Waals surface area contributed by atoms with Crippen molar-refractivity contribution < 1.29 is 5.11 Å². The number of hydrogen-bond donors (Lipinski definition) is 2. The molecule has 0 atom stereocenters. The first-order valence-electron chi connectivity index (χ1n) is 2.17. The van der Waals surface area contributed by atoms with Gasteiger partial charge in [0.2, 0.25) is 0 Å². The summed E-state index contributed by atoms with van der Waals surface area (Å²) in [4.78, 5) is 6.34. The van der Waals surface area contributed by atoms with Crippen LogP contribution in [-0.2, 0) is 0 Å². The van der Waals surface area contributed by atoms with Gasteiger partial charge in [-0.25, -0.2) is 4.98 Å². The summed E-state index contributed by atoms with van der Waals surface area (Å²) in [5.74, 6) is 0.0162. The lowest BCUT2D eigenvalue weighted by Crippen LogP contribution is -1.76. The number of aliphatic hydroxyl groups excluding tert-OH is 1. The van der Waals surface area contributed by atoms with Gasteiger partial charge in [-0.05, 0) is 0 Å². The highest BCUT2D eigenvalue weighted by atomic mass is 16.3. The van der Waals surface area contributed by atoms with Crippen LogP contribution in [0.2, 0.25) is 0 Å². The van der Waals surface area contributed by atoms with Gasteiger partial charge in [0.1, 0.15) is 5.76 Å². The van der Waals surface area contributed by atoms with E-state index in [1.165, 1.54) is 12.5 Å². The third-order valence-corrected chi connectivity index (χ3v) is 0.809. The molecule has 0 unspecified atom stereocenters. The molecule has 0 aliphatic carbocycles. The van der Waals surface area contributed by atoms with Gasteiger partial charge in [0, 0.05) is 0 Å². The van der Waals surface area contributed by atoms with Crippen molar-refractivity contribution in [3.8, 4) is 0 Å². The molecule has 1 aromatic rings. The predicted octanol–water partition coefficient (Wildman–Crippen LogP) is 0.938. The highest BCUT2D eigenvalue weighted by Crippen LogP contribution is 2.00. The molecule has 8 heavy (non-hydrogen) atoms. The first-order chi connectivity index (χ1) is 3.80. The Morgan fingerprint density at radius 2 is 2.62 bits per heavy atom. The van der Waals surface area contributed by atoms with Crippen LogP contribution in [0.1, 0.15) is 5.69 Å². The van der Waals surface area contributed by atoms with Crippen molar-refractivity contribution in [1.82, 2.24) is 9.97 Å². The predicted molar refractivity (Wildman–Crippen MR) is 30.3 cm³/mol. The highest BCUT2D eigenvalue weighted by molar-refractivity contribution is 5.49. The van der Waals surface area contributed by atoms with E-state index in [1.807, 2.05) is 0 Å². The molecule has 0 amide bonds. The number of imidazole rings is 1. The second-order valence-electron chi connectivity index (χ2n) is 1.41. The zero-order valence-electron chi connectivity index (χ0n) is 4.26. The first-order valence-corrected chi connectivity index (χ1v) is 2.17. The lowest BCUT2D eigenvalue weighted by molar-refractivity contribution is 0.511. The Kier molecular flexibility index (Phi) is 1.04. The molecule has 0 aliphatic rings. The molecule has 1 heterocycles. The van der Waals surface area contributed by atoms with Crippen molar-refractivity contribution in [2.75, 3.05) is 0 Å². The second-order valence-corrected chi connectivity index (χ2v) is 1.41. The Balaban J connectivity index is 2.93. The summed E-state index contributed by atoms with van der Waals surface area (Å²) in [5, 5.41) is 8.65.